The lowest BCUT2D eigenvalue weighted by Crippen LogP contribution is -2.43. The molecule has 0 amide bonds. The van der Waals surface area contributed by atoms with E-state index in [1.165, 1.54) is 6.42 Å². The number of aromatic hydroxyl groups is 1. The number of phenols is 1. The van der Waals surface area contributed by atoms with Crippen molar-refractivity contribution in [1.82, 2.24) is 0 Å². The highest BCUT2D eigenvalue weighted by atomic mass is 16.5. The van der Waals surface area contributed by atoms with Crippen LogP contribution < -0.4 is 10.5 Å². The molecular formula is C12H17NO2. The van der Waals surface area contributed by atoms with Gasteiger partial charge in [0.15, 0.2) is 11.5 Å². The normalized spacial score (nSPS) is 18.3. The number of ether oxygens (including phenoxy) is 1. The minimum Gasteiger partial charge on any atom is -0.504 e. The second-order valence-electron chi connectivity index (χ2n) is 4.35. The molecule has 0 aliphatic heterocycles. The SMILES string of the molecule is COc1cc(C2(N)CCC2)cc(C)c1O. The second kappa shape index (κ2) is 3.42. The van der Waals surface area contributed by atoms with Crippen LogP contribution in [-0.4, -0.2) is 12.2 Å². The van der Waals surface area contributed by atoms with Gasteiger partial charge in [-0.1, -0.05) is 6.07 Å². The molecule has 0 spiro atoms. The van der Waals surface area contributed by atoms with Gasteiger partial charge in [0.2, 0.25) is 0 Å². The van der Waals surface area contributed by atoms with Gasteiger partial charge in [0, 0.05) is 5.54 Å². The summed E-state index contributed by atoms with van der Waals surface area (Å²) < 4.78 is 5.12. The fraction of sp³-hybridized carbons (Fsp3) is 0.500. The van der Waals surface area contributed by atoms with Crippen LogP contribution in [0.5, 0.6) is 11.5 Å². The Labute approximate surface area is 89.9 Å². The number of hydrogen-bond donors (Lipinski definition) is 2. The Balaban J connectivity index is 2.45. The Bertz CT molecular complexity index is 383. The van der Waals surface area contributed by atoms with Crippen LogP contribution in [0.2, 0.25) is 0 Å². The molecule has 0 bridgehead atoms. The highest BCUT2D eigenvalue weighted by Gasteiger charge is 2.35. The summed E-state index contributed by atoms with van der Waals surface area (Å²) in [4.78, 5) is 0. The van der Waals surface area contributed by atoms with Crippen molar-refractivity contribution in [2.75, 3.05) is 7.11 Å². The lowest BCUT2D eigenvalue weighted by Gasteiger charge is -2.39. The zero-order valence-corrected chi connectivity index (χ0v) is 9.21. The summed E-state index contributed by atoms with van der Waals surface area (Å²) in [6.45, 7) is 1.86. The number of nitrogens with two attached hydrogens (primary N) is 1. The highest BCUT2D eigenvalue weighted by molar-refractivity contribution is 5.49. The van der Waals surface area contributed by atoms with Gasteiger partial charge in [0.1, 0.15) is 0 Å². The number of aryl methyl sites for hydroxylation is 1. The molecule has 1 fully saturated rings. The summed E-state index contributed by atoms with van der Waals surface area (Å²) in [6.07, 6.45) is 3.21. The number of hydrogen-bond acceptors (Lipinski definition) is 3. The van der Waals surface area contributed by atoms with Crippen LogP contribution in [-0.2, 0) is 5.54 Å². The van der Waals surface area contributed by atoms with Crippen LogP contribution in [0.4, 0.5) is 0 Å². The van der Waals surface area contributed by atoms with Crippen LogP contribution in [0.1, 0.15) is 30.4 Å². The zero-order chi connectivity index (χ0) is 11.1. The Kier molecular flexibility index (Phi) is 2.35. The van der Waals surface area contributed by atoms with E-state index in [1.807, 2.05) is 19.1 Å². The highest BCUT2D eigenvalue weighted by Crippen LogP contribution is 2.42. The second-order valence-corrected chi connectivity index (χ2v) is 4.35. The summed E-state index contributed by atoms with van der Waals surface area (Å²) in [6, 6.07) is 3.80. The predicted octanol–water partition coefficient (Wildman–Crippen LogP) is 2.05. The average Bonchev–Trinajstić information content (AvgIpc) is 2.18. The van der Waals surface area contributed by atoms with Gasteiger partial charge in [-0.3, -0.25) is 0 Å². The van der Waals surface area contributed by atoms with Gasteiger partial charge < -0.3 is 15.6 Å². The van der Waals surface area contributed by atoms with E-state index < -0.39 is 0 Å². The third kappa shape index (κ3) is 1.57. The minimum absolute atomic E-state index is 0.203. The standard InChI is InChI=1S/C12H17NO2/c1-8-6-9(12(13)4-3-5-12)7-10(15-2)11(8)14/h6-7,14H,3-5,13H2,1-2H3. The molecule has 0 saturated heterocycles. The van der Waals surface area contributed by atoms with Crippen LogP contribution in [0, 0.1) is 6.92 Å². The van der Waals surface area contributed by atoms with Crippen molar-refractivity contribution >= 4 is 0 Å². The van der Waals surface area contributed by atoms with E-state index in [9.17, 15) is 5.11 Å². The first-order valence-corrected chi connectivity index (χ1v) is 5.24. The monoisotopic (exact) mass is 207 g/mol. The molecule has 0 unspecified atom stereocenters. The molecule has 1 aliphatic carbocycles. The van der Waals surface area contributed by atoms with Crippen molar-refractivity contribution in [3.63, 3.8) is 0 Å². The van der Waals surface area contributed by atoms with Gasteiger partial charge in [0.25, 0.3) is 0 Å². The van der Waals surface area contributed by atoms with Crippen LogP contribution in [0.15, 0.2) is 12.1 Å². The fourth-order valence-corrected chi connectivity index (χ4v) is 2.04. The molecule has 3 nitrogen and oxygen atoms in total. The van der Waals surface area contributed by atoms with E-state index in [0.29, 0.717) is 5.75 Å². The van der Waals surface area contributed by atoms with Crippen LogP contribution in [0.25, 0.3) is 0 Å². The number of benzene rings is 1. The number of rotatable bonds is 2. The molecular weight excluding hydrogens is 190 g/mol. The predicted molar refractivity (Wildman–Crippen MR) is 59.1 cm³/mol. The Morgan fingerprint density at radius 3 is 2.53 bits per heavy atom. The van der Waals surface area contributed by atoms with E-state index >= 15 is 0 Å². The van der Waals surface area contributed by atoms with Gasteiger partial charge in [0.05, 0.1) is 7.11 Å². The Morgan fingerprint density at radius 2 is 2.07 bits per heavy atom. The van der Waals surface area contributed by atoms with Gasteiger partial charge in [-0.2, -0.15) is 0 Å². The molecule has 3 heteroatoms. The molecule has 82 valence electrons. The summed E-state index contributed by atoms with van der Waals surface area (Å²) in [7, 11) is 1.56. The molecule has 2 rings (SSSR count). The first-order chi connectivity index (χ1) is 7.07. The molecule has 1 aromatic rings. The van der Waals surface area contributed by atoms with E-state index in [1.54, 1.807) is 7.11 Å². The third-order valence-corrected chi connectivity index (χ3v) is 3.31. The summed E-state index contributed by atoms with van der Waals surface area (Å²) >= 11 is 0. The fourth-order valence-electron chi connectivity index (χ4n) is 2.04. The van der Waals surface area contributed by atoms with E-state index in [0.717, 1.165) is 24.0 Å². The topological polar surface area (TPSA) is 55.5 Å². The lowest BCUT2D eigenvalue weighted by atomic mass is 9.72. The van der Waals surface area contributed by atoms with Crippen LogP contribution >= 0.6 is 0 Å². The molecule has 1 saturated carbocycles. The molecule has 0 heterocycles. The molecule has 0 radical (unpaired) electrons. The summed E-state index contributed by atoms with van der Waals surface area (Å²) in [5, 5.41) is 9.71. The maximum absolute atomic E-state index is 9.71. The molecule has 0 atom stereocenters. The van der Waals surface area contributed by atoms with Crippen LogP contribution in [0.3, 0.4) is 0 Å². The first-order valence-electron chi connectivity index (χ1n) is 5.24. The number of phenolic OH excluding ortho intramolecular Hbond substituents is 1. The molecule has 3 N–H and O–H groups in total. The zero-order valence-electron chi connectivity index (χ0n) is 9.21. The van der Waals surface area contributed by atoms with E-state index in [4.69, 9.17) is 10.5 Å². The summed E-state index contributed by atoms with van der Waals surface area (Å²) in [5.74, 6) is 0.728. The van der Waals surface area contributed by atoms with Gasteiger partial charge >= 0.3 is 0 Å². The van der Waals surface area contributed by atoms with Gasteiger partial charge in [-0.05, 0) is 43.4 Å². The Hall–Kier alpha value is -1.22. The maximum Gasteiger partial charge on any atom is 0.161 e. The lowest BCUT2D eigenvalue weighted by molar-refractivity contribution is 0.252. The first kappa shape index (κ1) is 10.3. The molecule has 1 aromatic carbocycles. The third-order valence-electron chi connectivity index (χ3n) is 3.31. The minimum atomic E-state index is -0.203. The van der Waals surface area contributed by atoms with Crippen molar-refractivity contribution in [1.29, 1.82) is 0 Å². The van der Waals surface area contributed by atoms with Crippen molar-refractivity contribution < 1.29 is 9.84 Å². The maximum atomic E-state index is 9.71. The molecule has 15 heavy (non-hydrogen) atoms. The van der Waals surface area contributed by atoms with Crippen molar-refractivity contribution in [2.24, 2.45) is 5.73 Å². The van der Waals surface area contributed by atoms with E-state index in [-0.39, 0.29) is 11.3 Å². The average molecular weight is 207 g/mol. The van der Waals surface area contributed by atoms with Gasteiger partial charge in [-0.25, -0.2) is 0 Å². The quantitative estimate of drug-likeness (QED) is 0.780. The molecule has 1 aliphatic rings. The summed E-state index contributed by atoms with van der Waals surface area (Å²) in [5.41, 5.74) is 7.92. The van der Waals surface area contributed by atoms with Gasteiger partial charge in [-0.15, -0.1) is 0 Å². The molecule has 0 aromatic heterocycles. The van der Waals surface area contributed by atoms with Crippen molar-refractivity contribution in [3.8, 4) is 11.5 Å². The smallest absolute Gasteiger partial charge is 0.161 e. The van der Waals surface area contributed by atoms with E-state index in [2.05, 4.69) is 0 Å². The largest absolute Gasteiger partial charge is 0.504 e. The van der Waals surface area contributed by atoms with Crippen molar-refractivity contribution in [2.45, 2.75) is 31.7 Å². The van der Waals surface area contributed by atoms with Crippen molar-refractivity contribution in [3.05, 3.63) is 23.3 Å². The Morgan fingerprint density at radius 1 is 1.40 bits per heavy atom. The number of methoxy groups -OCH3 is 1.